The lowest BCUT2D eigenvalue weighted by atomic mass is 9.72. The van der Waals surface area contributed by atoms with Crippen LogP contribution in [0.1, 0.15) is 45.1 Å². The molecule has 162 valence electrons. The monoisotopic (exact) mass is 421 g/mol. The molecule has 5 nitrogen and oxygen atoms in total. The van der Waals surface area contributed by atoms with Crippen LogP contribution in [0.4, 0.5) is 0 Å². The molecule has 0 bridgehead atoms. The van der Waals surface area contributed by atoms with Gasteiger partial charge in [-0.1, -0.05) is 26.0 Å². The Morgan fingerprint density at radius 1 is 1.14 bits per heavy atom. The molecule has 3 aliphatic rings. The summed E-state index contributed by atoms with van der Waals surface area (Å²) in [6, 6.07) is 7.48. The Morgan fingerprint density at radius 2 is 1.83 bits per heavy atom. The third-order valence-corrected chi connectivity index (χ3v) is 8.67. The fraction of sp³-hybridized carbons (Fsp3) is 0.739. The van der Waals surface area contributed by atoms with Crippen molar-refractivity contribution in [2.24, 2.45) is 23.2 Å². The van der Waals surface area contributed by atoms with Crippen molar-refractivity contribution in [3.8, 4) is 0 Å². The first kappa shape index (κ1) is 21.3. The van der Waals surface area contributed by atoms with E-state index < -0.39 is 10.0 Å². The maximum absolute atomic E-state index is 13.4. The van der Waals surface area contributed by atoms with Crippen molar-refractivity contribution < 1.29 is 17.9 Å². The van der Waals surface area contributed by atoms with Crippen molar-refractivity contribution >= 4 is 10.0 Å². The first-order valence-corrected chi connectivity index (χ1v) is 12.6. The molecule has 6 heteroatoms. The molecule has 0 aromatic heterocycles. The molecular formula is C23H35NO4S. The summed E-state index contributed by atoms with van der Waals surface area (Å²) in [6.45, 7) is 8.42. The smallest absolute Gasteiger partial charge is 0.243 e. The zero-order valence-corrected chi connectivity index (χ0v) is 18.6. The second-order valence-electron chi connectivity index (χ2n) is 9.69. The number of sulfonamides is 1. The molecule has 1 atom stereocenters. The summed E-state index contributed by atoms with van der Waals surface area (Å²) in [5, 5.41) is 0. The Morgan fingerprint density at radius 3 is 2.45 bits per heavy atom. The molecule has 1 unspecified atom stereocenters. The second kappa shape index (κ2) is 8.66. The highest BCUT2D eigenvalue weighted by Crippen LogP contribution is 2.46. The summed E-state index contributed by atoms with van der Waals surface area (Å²) in [7, 11) is -3.48. The van der Waals surface area contributed by atoms with E-state index in [1.54, 1.807) is 16.4 Å². The number of rotatable bonds is 8. The standard InChI is InChI=1S/C23H35NO4S/c1-18(2)13-19-5-7-22(8-6-19)29(25,26)24-14-21(16-28-15-20-3-4-20)23(17-24)9-11-27-12-10-23/h5-8,18,20-21H,3-4,9-17H2,1-2H3. The average molecular weight is 422 g/mol. The summed E-state index contributed by atoms with van der Waals surface area (Å²) in [5.74, 6) is 1.53. The number of hydrogen-bond acceptors (Lipinski definition) is 4. The number of benzene rings is 1. The maximum Gasteiger partial charge on any atom is 0.243 e. The van der Waals surface area contributed by atoms with Crippen LogP contribution in [0.2, 0.25) is 0 Å². The van der Waals surface area contributed by atoms with E-state index in [0.29, 0.717) is 30.5 Å². The van der Waals surface area contributed by atoms with Gasteiger partial charge >= 0.3 is 0 Å². The van der Waals surface area contributed by atoms with Gasteiger partial charge in [-0.25, -0.2) is 8.42 Å². The highest BCUT2D eigenvalue weighted by atomic mass is 32.2. The van der Waals surface area contributed by atoms with Crippen molar-refractivity contribution in [3.63, 3.8) is 0 Å². The number of ether oxygens (including phenoxy) is 2. The maximum atomic E-state index is 13.4. The van der Waals surface area contributed by atoms with Crippen LogP contribution in [0.5, 0.6) is 0 Å². The van der Waals surface area contributed by atoms with Gasteiger partial charge in [-0.2, -0.15) is 4.31 Å². The normalized spacial score (nSPS) is 25.1. The molecule has 1 aromatic carbocycles. The van der Waals surface area contributed by atoms with Crippen LogP contribution < -0.4 is 0 Å². The van der Waals surface area contributed by atoms with Crippen LogP contribution in [0.15, 0.2) is 29.2 Å². The minimum atomic E-state index is -3.48. The predicted octanol–water partition coefficient (Wildman–Crippen LogP) is 3.73. The molecule has 4 rings (SSSR count). The topological polar surface area (TPSA) is 55.8 Å². The molecule has 0 amide bonds. The molecular weight excluding hydrogens is 386 g/mol. The van der Waals surface area contributed by atoms with Gasteiger partial charge in [0.2, 0.25) is 10.0 Å². The van der Waals surface area contributed by atoms with Crippen LogP contribution in [0.3, 0.4) is 0 Å². The lowest BCUT2D eigenvalue weighted by Crippen LogP contribution is -2.39. The highest BCUT2D eigenvalue weighted by molar-refractivity contribution is 7.89. The summed E-state index contributed by atoms with van der Waals surface area (Å²) >= 11 is 0. The van der Waals surface area contributed by atoms with Gasteiger partial charge in [-0.05, 0) is 67.1 Å². The molecule has 2 saturated heterocycles. The Labute approximate surface area is 175 Å². The zero-order valence-electron chi connectivity index (χ0n) is 17.8. The van der Waals surface area contributed by atoms with Gasteiger partial charge in [-0.3, -0.25) is 0 Å². The summed E-state index contributed by atoms with van der Waals surface area (Å²) in [6.07, 6.45) is 5.36. The van der Waals surface area contributed by atoms with E-state index in [1.807, 2.05) is 12.1 Å². The van der Waals surface area contributed by atoms with E-state index in [0.717, 1.165) is 45.0 Å². The minimum Gasteiger partial charge on any atom is -0.381 e. The SMILES string of the molecule is CC(C)Cc1ccc(S(=O)(=O)N2CC(COCC3CC3)C3(CCOCC3)C2)cc1. The van der Waals surface area contributed by atoms with Gasteiger partial charge in [0, 0.05) is 38.8 Å². The van der Waals surface area contributed by atoms with Gasteiger partial charge < -0.3 is 9.47 Å². The molecule has 1 aromatic rings. The molecule has 1 spiro atoms. The third kappa shape index (κ3) is 4.87. The van der Waals surface area contributed by atoms with Gasteiger partial charge in [0.05, 0.1) is 11.5 Å². The van der Waals surface area contributed by atoms with Crippen molar-refractivity contribution in [2.45, 2.75) is 50.8 Å². The molecule has 0 radical (unpaired) electrons. The summed E-state index contributed by atoms with van der Waals surface area (Å²) in [4.78, 5) is 0.409. The highest BCUT2D eigenvalue weighted by Gasteiger charge is 2.50. The Kier molecular flexibility index (Phi) is 6.35. The predicted molar refractivity (Wildman–Crippen MR) is 113 cm³/mol. The van der Waals surface area contributed by atoms with Crippen LogP contribution in [-0.2, 0) is 25.9 Å². The van der Waals surface area contributed by atoms with E-state index in [4.69, 9.17) is 9.47 Å². The van der Waals surface area contributed by atoms with Crippen molar-refractivity contribution in [1.29, 1.82) is 0 Å². The zero-order chi connectivity index (χ0) is 20.5. The third-order valence-electron chi connectivity index (χ3n) is 6.84. The average Bonchev–Trinajstić information content (AvgIpc) is 3.45. The van der Waals surface area contributed by atoms with E-state index in [1.165, 1.54) is 18.4 Å². The van der Waals surface area contributed by atoms with E-state index in [2.05, 4.69) is 13.8 Å². The van der Waals surface area contributed by atoms with E-state index in [-0.39, 0.29) is 11.3 Å². The van der Waals surface area contributed by atoms with Crippen molar-refractivity contribution in [2.75, 3.05) is 39.5 Å². The molecule has 1 saturated carbocycles. The first-order chi connectivity index (χ1) is 13.9. The van der Waals surface area contributed by atoms with E-state index >= 15 is 0 Å². The first-order valence-electron chi connectivity index (χ1n) is 11.1. The van der Waals surface area contributed by atoms with Crippen LogP contribution in [-0.4, -0.2) is 52.2 Å². The fourth-order valence-corrected chi connectivity index (χ4v) is 6.40. The largest absolute Gasteiger partial charge is 0.381 e. The van der Waals surface area contributed by atoms with Crippen LogP contribution >= 0.6 is 0 Å². The molecule has 1 aliphatic carbocycles. The molecule has 2 heterocycles. The minimum absolute atomic E-state index is 0.00749. The van der Waals surface area contributed by atoms with Gasteiger partial charge in [0.1, 0.15) is 0 Å². The van der Waals surface area contributed by atoms with Crippen LogP contribution in [0, 0.1) is 23.2 Å². The molecule has 29 heavy (non-hydrogen) atoms. The van der Waals surface area contributed by atoms with Gasteiger partial charge in [0.25, 0.3) is 0 Å². The molecule has 2 aliphatic heterocycles. The fourth-order valence-electron chi connectivity index (χ4n) is 4.82. The van der Waals surface area contributed by atoms with E-state index in [9.17, 15) is 8.42 Å². The quantitative estimate of drug-likeness (QED) is 0.642. The Bertz CT molecular complexity index is 780. The lowest BCUT2D eigenvalue weighted by Gasteiger charge is -2.38. The lowest BCUT2D eigenvalue weighted by molar-refractivity contribution is -0.0241. The summed E-state index contributed by atoms with van der Waals surface area (Å²) < 4.78 is 40.1. The second-order valence-corrected chi connectivity index (χ2v) is 11.6. The van der Waals surface area contributed by atoms with Crippen LogP contribution in [0.25, 0.3) is 0 Å². The number of hydrogen-bond donors (Lipinski definition) is 0. The molecule has 3 fully saturated rings. The van der Waals surface area contributed by atoms with Gasteiger partial charge in [0.15, 0.2) is 0 Å². The number of nitrogens with zero attached hydrogens (tertiary/aromatic N) is 1. The Hall–Kier alpha value is -0.950. The van der Waals surface area contributed by atoms with Crippen molar-refractivity contribution in [3.05, 3.63) is 29.8 Å². The summed E-state index contributed by atoms with van der Waals surface area (Å²) in [5.41, 5.74) is 1.18. The van der Waals surface area contributed by atoms with Gasteiger partial charge in [-0.15, -0.1) is 0 Å². The Balaban J connectivity index is 1.48. The molecule has 0 N–H and O–H groups in total. The van der Waals surface area contributed by atoms with Crippen molar-refractivity contribution in [1.82, 2.24) is 4.31 Å².